The van der Waals surface area contributed by atoms with Crippen molar-refractivity contribution < 1.29 is 4.79 Å². The van der Waals surface area contributed by atoms with E-state index in [4.69, 9.17) is 0 Å². The average molecular weight is 312 g/mol. The van der Waals surface area contributed by atoms with Gasteiger partial charge in [0.25, 0.3) is 5.91 Å². The number of piperazine rings is 1. The quantitative estimate of drug-likeness (QED) is 0.867. The summed E-state index contributed by atoms with van der Waals surface area (Å²) in [6, 6.07) is 15.3. The Morgan fingerprint density at radius 1 is 1.05 bits per heavy atom. The van der Waals surface area contributed by atoms with Crippen LogP contribution in [0.1, 0.15) is 34.1 Å². The Kier molecular flexibility index (Phi) is 3.72. The van der Waals surface area contributed by atoms with Crippen molar-refractivity contribution in [3.8, 4) is 0 Å². The maximum Gasteiger partial charge on any atom is 0.264 e. The SMILES string of the molecule is O=C(c1cccs1)N1CCN(C2CC2)CC1c1ccccc1. The van der Waals surface area contributed by atoms with Crippen LogP contribution in [0, 0.1) is 0 Å². The molecule has 1 aliphatic carbocycles. The zero-order valence-electron chi connectivity index (χ0n) is 12.5. The van der Waals surface area contributed by atoms with Gasteiger partial charge in [0.1, 0.15) is 0 Å². The highest BCUT2D eigenvalue weighted by Gasteiger charge is 2.38. The number of benzene rings is 1. The van der Waals surface area contributed by atoms with E-state index in [0.717, 1.165) is 30.6 Å². The third kappa shape index (κ3) is 2.69. The molecule has 1 aliphatic heterocycles. The summed E-state index contributed by atoms with van der Waals surface area (Å²) < 4.78 is 0. The Balaban J connectivity index is 1.62. The largest absolute Gasteiger partial charge is 0.328 e. The van der Waals surface area contributed by atoms with Crippen LogP contribution in [0.5, 0.6) is 0 Å². The summed E-state index contributed by atoms with van der Waals surface area (Å²) in [5, 5.41) is 1.98. The fourth-order valence-corrected chi connectivity index (χ4v) is 4.00. The number of carbonyl (C=O) groups excluding carboxylic acids is 1. The second-order valence-electron chi connectivity index (χ2n) is 6.13. The van der Waals surface area contributed by atoms with E-state index < -0.39 is 0 Å². The fraction of sp³-hybridized carbons (Fsp3) is 0.389. The summed E-state index contributed by atoms with van der Waals surface area (Å²) in [5.41, 5.74) is 1.25. The number of nitrogens with zero attached hydrogens (tertiary/aromatic N) is 2. The fourth-order valence-electron chi connectivity index (χ4n) is 3.32. The molecule has 1 amide bonds. The molecule has 0 spiro atoms. The van der Waals surface area contributed by atoms with Crippen LogP contribution in [-0.4, -0.2) is 41.4 Å². The molecule has 1 saturated carbocycles. The number of amides is 1. The lowest BCUT2D eigenvalue weighted by atomic mass is 10.0. The van der Waals surface area contributed by atoms with E-state index in [1.54, 1.807) is 0 Å². The van der Waals surface area contributed by atoms with E-state index in [1.165, 1.54) is 29.7 Å². The predicted molar refractivity (Wildman–Crippen MR) is 89.1 cm³/mol. The lowest BCUT2D eigenvalue weighted by Crippen LogP contribution is -2.51. The molecule has 1 aromatic carbocycles. The van der Waals surface area contributed by atoms with Crippen molar-refractivity contribution in [2.45, 2.75) is 24.9 Å². The first kappa shape index (κ1) is 14.0. The van der Waals surface area contributed by atoms with Gasteiger partial charge < -0.3 is 4.90 Å². The Morgan fingerprint density at radius 3 is 2.55 bits per heavy atom. The molecule has 1 aromatic heterocycles. The molecule has 2 aromatic rings. The van der Waals surface area contributed by atoms with Crippen LogP contribution < -0.4 is 0 Å². The summed E-state index contributed by atoms with van der Waals surface area (Å²) in [6.07, 6.45) is 2.64. The van der Waals surface area contributed by atoms with Gasteiger partial charge in [-0.3, -0.25) is 9.69 Å². The Bertz CT molecular complexity index is 636. The number of carbonyl (C=O) groups is 1. The molecule has 0 radical (unpaired) electrons. The van der Waals surface area contributed by atoms with Crippen LogP contribution in [0.15, 0.2) is 47.8 Å². The van der Waals surface area contributed by atoms with Crippen LogP contribution >= 0.6 is 11.3 Å². The zero-order valence-corrected chi connectivity index (χ0v) is 13.3. The van der Waals surface area contributed by atoms with Crippen molar-refractivity contribution in [3.63, 3.8) is 0 Å². The first-order valence-electron chi connectivity index (χ1n) is 7.96. The van der Waals surface area contributed by atoms with Gasteiger partial charge >= 0.3 is 0 Å². The van der Waals surface area contributed by atoms with Crippen LogP contribution in [-0.2, 0) is 0 Å². The lowest BCUT2D eigenvalue weighted by molar-refractivity contribution is 0.0437. The predicted octanol–water partition coefficient (Wildman–Crippen LogP) is 3.41. The zero-order chi connectivity index (χ0) is 14.9. The van der Waals surface area contributed by atoms with Crippen molar-refractivity contribution >= 4 is 17.2 Å². The van der Waals surface area contributed by atoms with Crippen molar-refractivity contribution in [1.82, 2.24) is 9.80 Å². The number of thiophene rings is 1. The molecule has 4 heteroatoms. The van der Waals surface area contributed by atoms with Gasteiger partial charge in [0.2, 0.25) is 0 Å². The molecule has 114 valence electrons. The molecular weight excluding hydrogens is 292 g/mol. The van der Waals surface area contributed by atoms with Crippen molar-refractivity contribution in [1.29, 1.82) is 0 Å². The van der Waals surface area contributed by atoms with Gasteiger partial charge in [-0.1, -0.05) is 36.4 Å². The summed E-state index contributed by atoms with van der Waals surface area (Å²) in [5.74, 6) is 0.180. The number of hydrogen-bond donors (Lipinski definition) is 0. The molecule has 0 bridgehead atoms. The summed E-state index contributed by atoms with van der Waals surface area (Å²) in [6.45, 7) is 2.80. The highest BCUT2D eigenvalue weighted by Crippen LogP contribution is 2.34. The second-order valence-corrected chi connectivity index (χ2v) is 7.08. The lowest BCUT2D eigenvalue weighted by Gasteiger charge is -2.41. The summed E-state index contributed by atoms with van der Waals surface area (Å²) in [7, 11) is 0. The Labute approximate surface area is 135 Å². The van der Waals surface area contributed by atoms with Crippen LogP contribution in [0.2, 0.25) is 0 Å². The standard InChI is InChI=1S/C18H20N2OS/c21-18(17-7-4-12-22-17)20-11-10-19(15-8-9-15)13-16(20)14-5-2-1-3-6-14/h1-7,12,15-16H,8-11,13H2. The minimum atomic E-state index is 0.171. The van der Waals surface area contributed by atoms with E-state index in [9.17, 15) is 4.79 Å². The average Bonchev–Trinajstić information content (AvgIpc) is 3.29. The summed E-state index contributed by atoms with van der Waals surface area (Å²) >= 11 is 1.54. The second kappa shape index (κ2) is 5.86. The van der Waals surface area contributed by atoms with Crippen molar-refractivity contribution in [2.75, 3.05) is 19.6 Å². The highest BCUT2D eigenvalue weighted by atomic mass is 32.1. The van der Waals surface area contributed by atoms with Gasteiger partial charge in [0.05, 0.1) is 10.9 Å². The Hall–Kier alpha value is -1.65. The maximum atomic E-state index is 12.9. The first-order chi connectivity index (χ1) is 10.8. The molecular formula is C18H20N2OS. The minimum Gasteiger partial charge on any atom is -0.328 e. The molecule has 3 nitrogen and oxygen atoms in total. The molecule has 1 atom stereocenters. The van der Waals surface area contributed by atoms with Crippen LogP contribution in [0.3, 0.4) is 0 Å². The van der Waals surface area contributed by atoms with Crippen LogP contribution in [0.25, 0.3) is 0 Å². The van der Waals surface area contributed by atoms with Crippen LogP contribution in [0.4, 0.5) is 0 Å². The third-order valence-electron chi connectivity index (χ3n) is 4.65. The smallest absolute Gasteiger partial charge is 0.264 e. The molecule has 2 heterocycles. The van der Waals surface area contributed by atoms with E-state index in [0.29, 0.717) is 0 Å². The van der Waals surface area contributed by atoms with E-state index in [-0.39, 0.29) is 11.9 Å². The topological polar surface area (TPSA) is 23.6 Å². The minimum absolute atomic E-state index is 0.171. The van der Waals surface area contributed by atoms with E-state index in [1.807, 2.05) is 23.6 Å². The number of hydrogen-bond acceptors (Lipinski definition) is 3. The molecule has 1 saturated heterocycles. The molecule has 22 heavy (non-hydrogen) atoms. The van der Waals surface area contributed by atoms with Gasteiger partial charge in [0.15, 0.2) is 0 Å². The van der Waals surface area contributed by atoms with Gasteiger partial charge in [-0.15, -0.1) is 11.3 Å². The maximum absolute atomic E-state index is 12.9. The summed E-state index contributed by atoms with van der Waals surface area (Å²) in [4.78, 5) is 18.3. The van der Waals surface area contributed by atoms with Gasteiger partial charge in [-0.25, -0.2) is 0 Å². The molecule has 1 unspecified atom stereocenters. The molecule has 4 rings (SSSR count). The Morgan fingerprint density at radius 2 is 1.86 bits per heavy atom. The highest BCUT2D eigenvalue weighted by molar-refractivity contribution is 7.12. The third-order valence-corrected chi connectivity index (χ3v) is 5.51. The van der Waals surface area contributed by atoms with Gasteiger partial charge in [0, 0.05) is 25.7 Å². The monoisotopic (exact) mass is 312 g/mol. The molecule has 0 N–H and O–H groups in total. The van der Waals surface area contributed by atoms with Gasteiger partial charge in [-0.2, -0.15) is 0 Å². The molecule has 2 aliphatic rings. The molecule has 2 fully saturated rings. The number of rotatable bonds is 3. The van der Waals surface area contributed by atoms with Crippen molar-refractivity contribution in [2.24, 2.45) is 0 Å². The first-order valence-corrected chi connectivity index (χ1v) is 8.84. The normalized spacial score (nSPS) is 22.7. The van der Waals surface area contributed by atoms with Crippen molar-refractivity contribution in [3.05, 3.63) is 58.3 Å². The van der Waals surface area contributed by atoms with Gasteiger partial charge in [-0.05, 0) is 29.9 Å². The van der Waals surface area contributed by atoms with E-state index in [2.05, 4.69) is 34.1 Å². The van der Waals surface area contributed by atoms with E-state index >= 15 is 0 Å².